The molecule has 90 valence electrons. The predicted octanol–water partition coefficient (Wildman–Crippen LogP) is 1.62. The quantitative estimate of drug-likeness (QED) is 0.819. The van der Waals surface area contributed by atoms with E-state index in [2.05, 4.69) is 9.40 Å². The van der Waals surface area contributed by atoms with Crippen molar-refractivity contribution in [2.75, 3.05) is 0 Å². The molecule has 8 heteroatoms. The molecule has 0 amide bonds. The molecule has 0 radical (unpaired) electrons. The van der Waals surface area contributed by atoms with Gasteiger partial charge in [0.25, 0.3) is 0 Å². The molecular weight excluding hydrogens is 231 g/mol. The zero-order chi connectivity index (χ0) is 12.7. The number of hydrogen-bond acceptors (Lipinski definition) is 4. The number of alkyl halides is 3. The van der Waals surface area contributed by atoms with Gasteiger partial charge < -0.3 is 14.6 Å². The number of carboxylic acids is 1. The molecule has 0 spiro atoms. The van der Waals surface area contributed by atoms with Crippen LogP contribution in [0.3, 0.4) is 0 Å². The number of aromatic nitrogens is 1. The maximum Gasteiger partial charge on any atom is 0.437 e. The van der Waals surface area contributed by atoms with Crippen molar-refractivity contribution in [1.82, 2.24) is 4.98 Å². The van der Waals surface area contributed by atoms with Crippen molar-refractivity contribution in [3.8, 4) is 0 Å². The lowest BCUT2D eigenvalue weighted by Gasteiger charge is -2.10. The Bertz CT molecular complexity index is 416. The molecule has 5 nitrogen and oxygen atoms in total. The highest BCUT2D eigenvalue weighted by molar-refractivity contribution is 5.85. The highest BCUT2D eigenvalue weighted by atomic mass is 19.4. The molecule has 1 heterocycles. The maximum atomic E-state index is 12.3. The number of rotatable bonds is 2. The third kappa shape index (κ3) is 2.32. The van der Waals surface area contributed by atoms with Gasteiger partial charge in [0.05, 0.1) is 0 Å². The molecule has 16 heavy (non-hydrogen) atoms. The van der Waals surface area contributed by atoms with Crippen LogP contribution in [0.15, 0.2) is 4.42 Å². The van der Waals surface area contributed by atoms with Crippen molar-refractivity contribution in [2.45, 2.75) is 25.6 Å². The molecule has 0 aliphatic rings. The molecule has 0 bridgehead atoms. The Morgan fingerprint density at radius 3 is 2.12 bits per heavy atom. The van der Waals surface area contributed by atoms with Gasteiger partial charge in [-0.25, -0.2) is 9.78 Å². The van der Waals surface area contributed by atoms with Crippen LogP contribution >= 0.6 is 0 Å². The second-order valence-corrected chi connectivity index (χ2v) is 3.56. The topological polar surface area (TPSA) is 83.6 Å². The fraction of sp³-hybridized carbons (Fsp3) is 0.500. The van der Waals surface area contributed by atoms with Gasteiger partial charge in [-0.1, -0.05) is 0 Å². The number of aliphatic hydroxyl groups is 1. The van der Waals surface area contributed by atoms with Crippen molar-refractivity contribution in [3.05, 3.63) is 17.3 Å². The molecule has 1 aromatic rings. The van der Waals surface area contributed by atoms with Crippen LogP contribution in [0.5, 0.6) is 0 Å². The van der Waals surface area contributed by atoms with Crippen LogP contribution in [0.1, 0.15) is 36.0 Å². The van der Waals surface area contributed by atoms with E-state index in [4.69, 9.17) is 5.11 Å². The third-order valence-electron chi connectivity index (χ3n) is 1.61. The molecule has 1 aromatic heterocycles. The van der Waals surface area contributed by atoms with Gasteiger partial charge in [0.2, 0.25) is 11.7 Å². The van der Waals surface area contributed by atoms with Gasteiger partial charge in [0.15, 0.2) is 5.69 Å². The van der Waals surface area contributed by atoms with Gasteiger partial charge in [0.1, 0.15) is 5.60 Å². The monoisotopic (exact) mass is 239 g/mol. The molecule has 2 N–H and O–H groups in total. The summed E-state index contributed by atoms with van der Waals surface area (Å²) in [5, 5.41) is 17.9. The van der Waals surface area contributed by atoms with Crippen LogP contribution in [-0.2, 0) is 11.8 Å². The Morgan fingerprint density at radius 2 is 1.88 bits per heavy atom. The second-order valence-electron chi connectivity index (χ2n) is 3.56. The maximum absolute atomic E-state index is 12.3. The van der Waals surface area contributed by atoms with E-state index in [1.165, 1.54) is 0 Å². The summed E-state index contributed by atoms with van der Waals surface area (Å²) < 4.78 is 41.4. The number of hydrogen-bond donors (Lipinski definition) is 2. The lowest BCUT2D eigenvalue weighted by Crippen LogP contribution is -2.17. The van der Waals surface area contributed by atoms with Gasteiger partial charge in [-0.15, -0.1) is 0 Å². The fourth-order valence-electron chi connectivity index (χ4n) is 0.919. The molecular formula is C8H8F3NO4. The summed E-state index contributed by atoms with van der Waals surface area (Å²) in [7, 11) is 0. The zero-order valence-corrected chi connectivity index (χ0v) is 8.29. The normalized spacial score (nSPS) is 12.9. The molecule has 0 saturated carbocycles. The first-order valence-corrected chi connectivity index (χ1v) is 4.07. The van der Waals surface area contributed by atoms with Crippen LogP contribution in [0.2, 0.25) is 0 Å². The Kier molecular flexibility index (Phi) is 2.72. The summed E-state index contributed by atoms with van der Waals surface area (Å²) in [5.41, 5.74) is -3.44. The fourth-order valence-corrected chi connectivity index (χ4v) is 0.919. The van der Waals surface area contributed by atoms with E-state index in [1.54, 1.807) is 0 Å². The van der Waals surface area contributed by atoms with Crippen molar-refractivity contribution < 1.29 is 32.6 Å². The Labute approximate surface area is 87.5 Å². The number of halogens is 3. The molecule has 0 unspecified atom stereocenters. The number of aromatic carboxylic acids is 1. The smallest absolute Gasteiger partial charge is 0.437 e. The van der Waals surface area contributed by atoms with E-state index in [1.807, 2.05) is 0 Å². The molecule has 0 fully saturated rings. The molecule has 0 aromatic carbocycles. The minimum absolute atomic E-state index is 0.697. The first kappa shape index (κ1) is 12.5. The first-order valence-electron chi connectivity index (χ1n) is 4.07. The molecule has 0 aliphatic carbocycles. The van der Waals surface area contributed by atoms with E-state index in [0.29, 0.717) is 0 Å². The van der Waals surface area contributed by atoms with E-state index in [0.717, 1.165) is 13.8 Å². The van der Waals surface area contributed by atoms with Crippen LogP contribution in [0, 0.1) is 0 Å². The first-order chi connectivity index (χ1) is 7.03. The van der Waals surface area contributed by atoms with Crippen molar-refractivity contribution in [3.63, 3.8) is 0 Å². The summed E-state index contributed by atoms with van der Waals surface area (Å²) in [6.07, 6.45) is -4.94. The van der Waals surface area contributed by atoms with Crippen LogP contribution in [0.25, 0.3) is 0 Å². The summed E-state index contributed by atoms with van der Waals surface area (Å²) in [6.45, 7) is 2.26. The van der Waals surface area contributed by atoms with E-state index in [9.17, 15) is 23.1 Å². The van der Waals surface area contributed by atoms with E-state index >= 15 is 0 Å². The number of nitrogens with zero attached hydrogens (tertiary/aromatic N) is 1. The van der Waals surface area contributed by atoms with E-state index < -0.39 is 35.1 Å². The second kappa shape index (κ2) is 3.48. The molecule has 0 saturated heterocycles. The van der Waals surface area contributed by atoms with Crippen molar-refractivity contribution in [1.29, 1.82) is 0 Å². The minimum atomic E-state index is -4.94. The average Bonchev–Trinajstić information content (AvgIpc) is 2.44. The zero-order valence-electron chi connectivity index (χ0n) is 8.29. The van der Waals surface area contributed by atoms with Gasteiger partial charge in [-0.05, 0) is 13.8 Å². The lowest BCUT2D eigenvalue weighted by molar-refractivity contribution is -0.141. The molecule has 1 rings (SSSR count). The number of oxazole rings is 1. The van der Waals surface area contributed by atoms with Crippen molar-refractivity contribution in [2.24, 2.45) is 0 Å². The third-order valence-corrected chi connectivity index (χ3v) is 1.61. The highest BCUT2D eigenvalue weighted by Crippen LogP contribution is 2.34. The predicted molar refractivity (Wildman–Crippen MR) is 43.7 cm³/mol. The van der Waals surface area contributed by atoms with Crippen molar-refractivity contribution >= 4 is 5.97 Å². The molecule has 0 atom stereocenters. The lowest BCUT2D eigenvalue weighted by atomic mass is 10.1. The molecule has 0 aliphatic heterocycles. The SMILES string of the molecule is CC(C)(O)c1nc(C(F)(F)F)c(C(=O)O)o1. The minimum Gasteiger partial charge on any atom is -0.475 e. The Morgan fingerprint density at radius 1 is 1.38 bits per heavy atom. The van der Waals surface area contributed by atoms with Gasteiger partial charge >= 0.3 is 12.1 Å². The number of carboxylic acid groups (broad SMARTS) is 1. The Balaban J connectivity index is 3.38. The summed E-state index contributed by atoms with van der Waals surface area (Å²) >= 11 is 0. The summed E-state index contributed by atoms with van der Waals surface area (Å²) in [5.74, 6) is -3.92. The Hall–Kier alpha value is -1.57. The van der Waals surface area contributed by atoms with Crippen LogP contribution in [0.4, 0.5) is 13.2 Å². The van der Waals surface area contributed by atoms with E-state index in [-0.39, 0.29) is 0 Å². The summed E-state index contributed by atoms with van der Waals surface area (Å²) in [4.78, 5) is 13.4. The standard InChI is InChI=1S/C8H8F3NO4/c1-7(2,15)6-12-4(8(9,10)11)3(16-6)5(13)14/h15H,1-2H3,(H,13,14). The number of carbonyl (C=O) groups is 1. The van der Waals surface area contributed by atoms with Gasteiger partial charge in [-0.2, -0.15) is 13.2 Å². The van der Waals surface area contributed by atoms with Gasteiger partial charge in [0, 0.05) is 0 Å². The highest BCUT2D eigenvalue weighted by Gasteiger charge is 2.42. The average molecular weight is 239 g/mol. The largest absolute Gasteiger partial charge is 0.475 e. The van der Waals surface area contributed by atoms with Crippen LogP contribution < -0.4 is 0 Å². The van der Waals surface area contributed by atoms with Crippen LogP contribution in [-0.4, -0.2) is 21.2 Å². The summed E-state index contributed by atoms with van der Waals surface area (Å²) in [6, 6.07) is 0. The van der Waals surface area contributed by atoms with Gasteiger partial charge in [-0.3, -0.25) is 0 Å².